The Hall–Kier alpha value is -1.78. The van der Waals surface area contributed by atoms with E-state index in [2.05, 4.69) is 5.32 Å². The Morgan fingerprint density at radius 2 is 1.95 bits per heavy atom. The number of ether oxygens (including phenoxy) is 1. The van der Waals surface area contributed by atoms with Crippen LogP contribution < -0.4 is 10.1 Å². The second kappa shape index (κ2) is 7.12. The molecule has 1 unspecified atom stereocenters. The highest BCUT2D eigenvalue weighted by Gasteiger charge is 2.08. The van der Waals surface area contributed by atoms with Gasteiger partial charge in [-0.25, -0.2) is 0 Å². The summed E-state index contributed by atoms with van der Waals surface area (Å²) < 4.78 is 10.8. The van der Waals surface area contributed by atoms with Crippen molar-refractivity contribution in [3.8, 4) is 5.75 Å². The first-order valence-electron chi connectivity index (χ1n) is 6.83. The van der Waals surface area contributed by atoms with E-state index in [0.29, 0.717) is 13.1 Å². The fourth-order valence-electron chi connectivity index (χ4n) is 1.90. The van der Waals surface area contributed by atoms with Crippen molar-refractivity contribution in [1.29, 1.82) is 0 Å². The van der Waals surface area contributed by atoms with Crippen LogP contribution in [0.15, 0.2) is 47.1 Å². The Labute approximate surface area is 119 Å². The van der Waals surface area contributed by atoms with Crippen LogP contribution in [0.5, 0.6) is 5.75 Å². The summed E-state index contributed by atoms with van der Waals surface area (Å²) in [6, 6.07) is 11.3. The van der Waals surface area contributed by atoms with Crippen LogP contribution in [0.4, 0.5) is 0 Å². The summed E-state index contributed by atoms with van der Waals surface area (Å²) in [7, 11) is 0. The SMILES string of the molecule is CC(C)Oc1ccc(C(O)CNCc2ccco2)cc1. The molecule has 2 rings (SSSR count). The third-order valence-electron chi connectivity index (χ3n) is 2.85. The van der Waals surface area contributed by atoms with Crippen LogP contribution in [0, 0.1) is 0 Å². The van der Waals surface area contributed by atoms with E-state index in [1.807, 2.05) is 50.2 Å². The fourth-order valence-corrected chi connectivity index (χ4v) is 1.90. The second-order valence-corrected chi connectivity index (χ2v) is 4.96. The molecule has 2 N–H and O–H groups in total. The Bertz CT molecular complexity index is 491. The van der Waals surface area contributed by atoms with Gasteiger partial charge in [0, 0.05) is 6.54 Å². The first-order valence-corrected chi connectivity index (χ1v) is 6.83. The number of aliphatic hydroxyl groups excluding tert-OH is 1. The predicted molar refractivity (Wildman–Crippen MR) is 77.6 cm³/mol. The van der Waals surface area contributed by atoms with Gasteiger partial charge in [0.1, 0.15) is 11.5 Å². The van der Waals surface area contributed by atoms with Crippen molar-refractivity contribution in [3.05, 3.63) is 54.0 Å². The molecule has 1 atom stereocenters. The zero-order valence-electron chi connectivity index (χ0n) is 11.9. The van der Waals surface area contributed by atoms with Gasteiger partial charge >= 0.3 is 0 Å². The average Bonchev–Trinajstić information content (AvgIpc) is 2.92. The summed E-state index contributed by atoms with van der Waals surface area (Å²) in [4.78, 5) is 0. The monoisotopic (exact) mass is 275 g/mol. The molecule has 2 aromatic rings. The van der Waals surface area contributed by atoms with E-state index in [9.17, 15) is 5.11 Å². The molecule has 4 nitrogen and oxygen atoms in total. The van der Waals surface area contributed by atoms with Crippen molar-refractivity contribution < 1.29 is 14.3 Å². The van der Waals surface area contributed by atoms with E-state index in [4.69, 9.17) is 9.15 Å². The van der Waals surface area contributed by atoms with E-state index in [0.717, 1.165) is 17.1 Å². The van der Waals surface area contributed by atoms with Crippen LogP contribution in [0.1, 0.15) is 31.3 Å². The minimum Gasteiger partial charge on any atom is -0.491 e. The third-order valence-corrected chi connectivity index (χ3v) is 2.85. The maximum Gasteiger partial charge on any atom is 0.119 e. The Morgan fingerprint density at radius 3 is 2.55 bits per heavy atom. The highest BCUT2D eigenvalue weighted by atomic mass is 16.5. The molecule has 1 aromatic carbocycles. The number of nitrogens with one attached hydrogen (secondary N) is 1. The summed E-state index contributed by atoms with van der Waals surface area (Å²) in [5.41, 5.74) is 0.869. The highest BCUT2D eigenvalue weighted by molar-refractivity contribution is 5.28. The molecule has 0 aliphatic heterocycles. The molecular formula is C16H21NO3. The lowest BCUT2D eigenvalue weighted by Crippen LogP contribution is -2.20. The first kappa shape index (κ1) is 14.6. The van der Waals surface area contributed by atoms with Crippen molar-refractivity contribution in [2.75, 3.05) is 6.54 Å². The van der Waals surface area contributed by atoms with Gasteiger partial charge in [-0.15, -0.1) is 0 Å². The molecule has 108 valence electrons. The Kier molecular flexibility index (Phi) is 5.21. The van der Waals surface area contributed by atoms with Gasteiger partial charge in [0.25, 0.3) is 0 Å². The largest absolute Gasteiger partial charge is 0.491 e. The smallest absolute Gasteiger partial charge is 0.119 e. The molecule has 0 radical (unpaired) electrons. The molecule has 0 saturated carbocycles. The summed E-state index contributed by atoms with van der Waals surface area (Å²) in [6.45, 7) is 5.06. The summed E-state index contributed by atoms with van der Waals surface area (Å²) >= 11 is 0. The molecule has 0 aliphatic rings. The van der Waals surface area contributed by atoms with Crippen LogP contribution in [-0.4, -0.2) is 17.8 Å². The van der Waals surface area contributed by atoms with E-state index in [1.165, 1.54) is 0 Å². The molecular weight excluding hydrogens is 254 g/mol. The quantitative estimate of drug-likeness (QED) is 0.816. The number of furan rings is 1. The van der Waals surface area contributed by atoms with Crippen LogP contribution in [0.3, 0.4) is 0 Å². The van der Waals surface area contributed by atoms with Crippen molar-refractivity contribution >= 4 is 0 Å². The van der Waals surface area contributed by atoms with E-state index in [-0.39, 0.29) is 6.10 Å². The topological polar surface area (TPSA) is 54.6 Å². The summed E-state index contributed by atoms with van der Waals surface area (Å²) in [6.07, 6.45) is 1.25. The highest BCUT2D eigenvalue weighted by Crippen LogP contribution is 2.18. The molecule has 4 heteroatoms. The number of rotatable bonds is 7. The van der Waals surface area contributed by atoms with Gasteiger partial charge in [-0.05, 0) is 43.7 Å². The zero-order chi connectivity index (χ0) is 14.4. The summed E-state index contributed by atoms with van der Waals surface area (Å²) in [5.74, 6) is 1.68. The first-order chi connectivity index (χ1) is 9.65. The number of hydrogen-bond acceptors (Lipinski definition) is 4. The van der Waals surface area contributed by atoms with Crippen LogP contribution in [0.25, 0.3) is 0 Å². The van der Waals surface area contributed by atoms with Crippen molar-refractivity contribution in [2.24, 2.45) is 0 Å². The maximum absolute atomic E-state index is 10.1. The van der Waals surface area contributed by atoms with Gasteiger partial charge in [0.05, 0.1) is 25.0 Å². The molecule has 0 spiro atoms. The van der Waals surface area contributed by atoms with Crippen LogP contribution >= 0.6 is 0 Å². The minimum atomic E-state index is -0.543. The van der Waals surface area contributed by atoms with E-state index >= 15 is 0 Å². The molecule has 1 heterocycles. The molecule has 0 amide bonds. The average molecular weight is 275 g/mol. The van der Waals surface area contributed by atoms with Gasteiger partial charge < -0.3 is 19.6 Å². The number of hydrogen-bond donors (Lipinski definition) is 2. The minimum absolute atomic E-state index is 0.153. The van der Waals surface area contributed by atoms with Gasteiger partial charge in [-0.2, -0.15) is 0 Å². The van der Waals surface area contributed by atoms with Crippen molar-refractivity contribution in [3.63, 3.8) is 0 Å². The van der Waals surface area contributed by atoms with Crippen LogP contribution in [-0.2, 0) is 6.54 Å². The molecule has 0 saturated heterocycles. The van der Waals surface area contributed by atoms with E-state index < -0.39 is 6.10 Å². The van der Waals surface area contributed by atoms with Crippen LogP contribution in [0.2, 0.25) is 0 Å². The van der Waals surface area contributed by atoms with Gasteiger partial charge in [-0.3, -0.25) is 0 Å². The standard InChI is InChI=1S/C16H21NO3/c1-12(2)20-14-7-5-13(6-8-14)16(18)11-17-10-15-4-3-9-19-15/h3-9,12,16-18H,10-11H2,1-2H3. The lowest BCUT2D eigenvalue weighted by atomic mass is 10.1. The number of aliphatic hydroxyl groups is 1. The maximum atomic E-state index is 10.1. The lowest BCUT2D eigenvalue weighted by molar-refractivity contribution is 0.173. The fraction of sp³-hybridized carbons (Fsp3) is 0.375. The number of benzene rings is 1. The van der Waals surface area contributed by atoms with Gasteiger partial charge in [0.2, 0.25) is 0 Å². The van der Waals surface area contributed by atoms with Gasteiger partial charge in [-0.1, -0.05) is 12.1 Å². The van der Waals surface area contributed by atoms with Gasteiger partial charge in [0.15, 0.2) is 0 Å². The third kappa shape index (κ3) is 4.40. The second-order valence-electron chi connectivity index (χ2n) is 4.96. The van der Waals surface area contributed by atoms with Crippen molar-refractivity contribution in [2.45, 2.75) is 32.6 Å². The van der Waals surface area contributed by atoms with E-state index in [1.54, 1.807) is 6.26 Å². The molecule has 1 aromatic heterocycles. The molecule has 0 bridgehead atoms. The van der Waals surface area contributed by atoms with Crippen molar-refractivity contribution in [1.82, 2.24) is 5.32 Å². The zero-order valence-corrected chi connectivity index (χ0v) is 11.9. The molecule has 0 aliphatic carbocycles. The Morgan fingerprint density at radius 1 is 1.20 bits per heavy atom. The molecule has 20 heavy (non-hydrogen) atoms. The lowest BCUT2D eigenvalue weighted by Gasteiger charge is -2.13. The molecule has 0 fully saturated rings. The predicted octanol–water partition coefficient (Wildman–Crippen LogP) is 2.89. The normalized spacial score (nSPS) is 12.6. The Balaban J connectivity index is 1.81. The summed E-state index contributed by atoms with van der Waals surface area (Å²) in [5, 5.41) is 13.2.